The summed E-state index contributed by atoms with van der Waals surface area (Å²) in [5.74, 6) is -4.01. The van der Waals surface area contributed by atoms with Gasteiger partial charge in [0.15, 0.2) is 5.78 Å². The van der Waals surface area contributed by atoms with Gasteiger partial charge in [-0.05, 0) is 12.1 Å². The topological polar surface area (TPSA) is 74.6 Å². The predicted molar refractivity (Wildman–Crippen MR) is 54.1 cm³/mol. The van der Waals surface area contributed by atoms with E-state index in [1.54, 1.807) is 0 Å². The first-order valence-corrected chi connectivity index (χ1v) is 4.57. The smallest absolute Gasteiger partial charge is 0.416 e. The number of hydrogen-bond acceptors (Lipinski definition) is 3. The summed E-state index contributed by atoms with van der Waals surface area (Å²) in [5.41, 5.74) is -1.39. The van der Waals surface area contributed by atoms with Gasteiger partial charge >= 0.3 is 12.1 Å². The largest absolute Gasteiger partial charge is 0.502 e. The number of carboxylic acids is 1. The van der Waals surface area contributed by atoms with Crippen molar-refractivity contribution in [1.82, 2.24) is 0 Å². The minimum absolute atomic E-state index is 0.345. The number of hydrogen-bond donors (Lipinski definition) is 2. The van der Waals surface area contributed by atoms with Gasteiger partial charge < -0.3 is 10.2 Å². The fraction of sp³-hybridized carbons (Fsp3) is 0.0909. The first kappa shape index (κ1) is 13.8. The summed E-state index contributed by atoms with van der Waals surface area (Å²) in [6.45, 7) is 0. The molecule has 1 rings (SSSR count). The molecule has 0 aliphatic carbocycles. The molecule has 0 bridgehead atoms. The number of carboxylic acid groups (broad SMARTS) is 1. The maximum absolute atomic E-state index is 12.4. The molecule has 0 aliphatic rings. The molecule has 96 valence electrons. The maximum atomic E-state index is 12.4. The Morgan fingerprint density at radius 2 is 1.78 bits per heavy atom. The van der Waals surface area contributed by atoms with Crippen molar-refractivity contribution >= 4 is 11.8 Å². The molecule has 0 fully saturated rings. The molecule has 7 heteroatoms. The molecule has 0 saturated heterocycles. The lowest BCUT2D eigenvalue weighted by Gasteiger charge is -2.07. The van der Waals surface area contributed by atoms with E-state index in [0.29, 0.717) is 12.1 Å². The van der Waals surface area contributed by atoms with Crippen LogP contribution >= 0.6 is 0 Å². The van der Waals surface area contributed by atoms with Gasteiger partial charge in [0.2, 0.25) is 5.76 Å². The van der Waals surface area contributed by atoms with Crippen molar-refractivity contribution in [1.29, 1.82) is 0 Å². The highest BCUT2D eigenvalue weighted by atomic mass is 19.4. The average molecular weight is 260 g/mol. The third kappa shape index (κ3) is 3.34. The highest BCUT2D eigenvalue weighted by Gasteiger charge is 2.30. The van der Waals surface area contributed by atoms with Crippen LogP contribution in [0.5, 0.6) is 0 Å². The van der Waals surface area contributed by atoms with Crippen molar-refractivity contribution in [2.24, 2.45) is 0 Å². The summed E-state index contributed by atoms with van der Waals surface area (Å²) in [7, 11) is 0. The van der Waals surface area contributed by atoms with Crippen molar-refractivity contribution in [3.8, 4) is 0 Å². The van der Waals surface area contributed by atoms with Gasteiger partial charge in [-0.2, -0.15) is 13.2 Å². The van der Waals surface area contributed by atoms with E-state index in [2.05, 4.69) is 0 Å². The Hall–Kier alpha value is -2.31. The molecule has 2 N–H and O–H groups in total. The van der Waals surface area contributed by atoms with Gasteiger partial charge in [0.05, 0.1) is 5.56 Å². The Morgan fingerprint density at radius 3 is 2.28 bits per heavy atom. The van der Waals surface area contributed by atoms with Crippen LogP contribution in [0.25, 0.3) is 0 Å². The SMILES string of the molecule is O=C(O)/C(O)=C/C(=O)c1cccc(C(F)(F)F)c1. The zero-order chi connectivity index (χ0) is 13.9. The number of alkyl halides is 3. The Bertz CT molecular complexity index is 517. The first-order valence-electron chi connectivity index (χ1n) is 4.57. The van der Waals surface area contributed by atoms with Crippen molar-refractivity contribution < 1.29 is 33.0 Å². The third-order valence-corrected chi connectivity index (χ3v) is 1.96. The fourth-order valence-electron chi connectivity index (χ4n) is 1.12. The van der Waals surface area contributed by atoms with Gasteiger partial charge in [-0.1, -0.05) is 12.1 Å². The quantitative estimate of drug-likeness (QED) is 0.497. The second-order valence-electron chi connectivity index (χ2n) is 3.28. The van der Waals surface area contributed by atoms with Crippen LogP contribution in [0.1, 0.15) is 15.9 Å². The van der Waals surface area contributed by atoms with Crippen molar-refractivity contribution in [3.05, 3.63) is 47.2 Å². The monoisotopic (exact) mass is 260 g/mol. The molecule has 1 aromatic carbocycles. The van der Waals surface area contributed by atoms with E-state index in [4.69, 9.17) is 10.2 Å². The van der Waals surface area contributed by atoms with E-state index in [1.165, 1.54) is 0 Å². The lowest BCUT2D eigenvalue weighted by molar-refractivity contribution is -0.137. The Morgan fingerprint density at radius 1 is 1.17 bits per heavy atom. The third-order valence-electron chi connectivity index (χ3n) is 1.96. The van der Waals surface area contributed by atoms with Gasteiger partial charge in [0, 0.05) is 11.6 Å². The number of rotatable bonds is 3. The number of ketones is 1. The summed E-state index contributed by atoms with van der Waals surface area (Å²) in [6, 6.07) is 3.45. The van der Waals surface area contributed by atoms with Crippen molar-refractivity contribution in [2.75, 3.05) is 0 Å². The summed E-state index contributed by atoms with van der Waals surface area (Å²) in [5, 5.41) is 17.1. The number of carbonyl (C=O) groups is 2. The average Bonchev–Trinajstić information content (AvgIpc) is 2.27. The van der Waals surface area contributed by atoms with E-state index in [-0.39, 0.29) is 5.56 Å². The number of aliphatic hydroxyl groups excluding tert-OH is 1. The molecular formula is C11H7F3O4. The molecule has 1 aromatic rings. The predicted octanol–water partition coefficient (Wildman–Crippen LogP) is 2.41. The molecule has 0 atom stereocenters. The lowest BCUT2D eigenvalue weighted by Crippen LogP contribution is -2.08. The standard InChI is InChI=1S/C11H7F3O4/c12-11(13,14)7-3-1-2-6(4-7)8(15)5-9(16)10(17)18/h1-5,16H,(H,17,18)/b9-5-. The highest BCUT2D eigenvalue weighted by Crippen LogP contribution is 2.29. The van der Waals surface area contributed by atoms with Crippen LogP contribution in [0.15, 0.2) is 36.1 Å². The molecule has 0 radical (unpaired) electrons. The van der Waals surface area contributed by atoms with Crippen LogP contribution in [0.2, 0.25) is 0 Å². The summed E-state index contributed by atoms with van der Waals surface area (Å²) in [6.07, 6.45) is -4.26. The molecule has 0 amide bonds. The van der Waals surface area contributed by atoms with Crippen LogP contribution in [-0.2, 0) is 11.0 Å². The van der Waals surface area contributed by atoms with Crippen LogP contribution in [-0.4, -0.2) is 22.0 Å². The normalized spacial score (nSPS) is 12.3. The van der Waals surface area contributed by atoms with Gasteiger partial charge in [-0.25, -0.2) is 4.79 Å². The summed E-state index contributed by atoms with van der Waals surface area (Å²) < 4.78 is 37.1. The summed E-state index contributed by atoms with van der Waals surface area (Å²) >= 11 is 0. The van der Waals surface area contributed by atoms with Crippen LogP contribution in [0, 0.1) is 0 Å². The van der Waals surface area contributed by atoms with Gasteiger partial charge in [-0.15, -0.1) is 0 Å². The van der Waals surface area contributed by atoms with E-state index >= 15 is 0 Å². The van der Waals surface area contributed by atoms with E-state index < -0.39 is 29.3 Å². The van der Waals surface area contributed by atoms with Gasteiger partial charge in [0.25, 0.3) is 0 Å². The minimum Gasteiger partial charge on any atom is -0.502 e. The number of halogens is 3. The van der Waals surface area contributed by atoms with E-state index in [1.807, 2.05) is 0 Å². The Balaban J connectivity index is 3.09. The lowest BCUT2D eigenvalue weighted by atomic mass is 10.1. The molecule has 0 aliphatic heterocycles. The van der Waals surface area contributed by atoms with Gasteiger partial charge in [0.1, 0.15) is 0 Å². The zero-order valence-electron chi connectivity index (χ0n) is 8.73. The molecule has 0 heterocycles. The number of benzene rings is 1. The summed E-state index contributed by atoms with van der Waals surface area (Å²) in [4.78, 5) is 21.6. The molecule has 18 heavy (non-hydrogen) atoms. The van der Waals surface area contributed by atoms with Gasteiger partial charge in [-0.3, -0.25) is 4.79 Å². The number of allylic oxidation sites excluding steroid dienone is 1. The van der Waals surface area contributed by atoms with E-state index in [0.717, 1.165) is 18.2 Å². The van der Waals surface area contributed by atoms with Crippen molar-refractivity contribution in [3.63, 3.8) is 0 Å². The highest BCUT2D eigenvalue weighted by molar-refractivity contribution is 6.07. The fourth-order valence-corrected chi connectivity index (χ4v) is 1.12. The second kappa shape index (κ2) is 4.91. The number of aliphatic carboxylic acids is 1. The Labute approximate surface area is 99.0 Å². The molecule has 0 unspecified atom stereocenters. The molecular weight excluding hydrogens is 253 g/mol. The number of aliphatic hydroxyl groups is 1. The Kier molecular flexibility index (Phi) is 3.75. The van der Waals surface area contributed by atoms with Crippen LogP contribution in [0.3, 0.4) is 0 Å². The van der Waals surface area contributed by atoms with E-state index in [9.17, 15) is 22.8 Å². The van der Waals surface area contributed by atoms with Crippen LogP contribution < -0.4 is 0 Å². The zero-order valence-corrected chi connectivity index (χ0v) is 8.73. The maximum Gasteiger partial charge on any atom is 0.416 e. The molecule has 0 spiro atoms. The molecule has 0 saturated carbocycles. The van der Waals surface area contributed by atoms with Crippen molar-refractivity contribution in [2.45, 2.75) is 6.18 Å². The molecule has 0 aromatic heterocycles. The second-order valence-corrected chi connectivity index (χ2v) is 3.28. The minimum atomic E-state index is -4.60. The number of carbonyl (C=O) groups excluding carboxylic acids is 1. The van der Waals surface area contributed by atoms with Crippen LogP contribution in [0.4, 0.5) is 13.2 Å². The first-order chi connectivity index (χ1) is 8.21. The molecule has 4 nitrogen and oxygen atoms in total.